The average molecular weight is 188 g/mol. The van der Waals surface area contributed by atoms with Crippen molar-refractivity contribution >= 4 is 6.09 Å². The van der Waals surface area contributed by atoms with Crippen molar-refractivity contribution in [2.24, 2.45) is 0 Å². The number of aliphatic hydroxyl groups is 1. The number of nitrogens with zero attached hydrogens (tertiary/aromatic N) is 1. The summed E-state index contributed by atoms with van der Waals surface area (Å²) in [5.41, 5.74) is 0. The summed E-state index contributed by atoms with van der Waals surface area (Å²) in [6.45, 7) is 2.00. The SMILES string of the molecule is O=C(O)N1CCCN[C@H](CCO)C1. The van der Waals surface area contributed by atoms with Crippen molar-refractivity contribution in [3.05, 3.63) is 0 Å². The highest BCUT2D eigenvalue weighted by Gasteiger charge is 2.20. The number of carboxylic acid groups (broad SMARTS) is 1. The van der Waals surface area contributed by atoms with Crippen LogP contribution in [0.5, 0.6) is 0 Å². The Morgan fingerprint density at radius 3 is 3.00 bits per heavy atom. The number of amides is 1. The van der Waals surface area contributed by atoms with Crippen molar-refractivity contribution in [3.63, 3.8) is 0 Å². The van der Waals surface area contributed by atoms with Crippen LogP contribution in [0.4, 0.5) is 4.79 Å². The van der Waals surface area contributed by atoms with E-state index in [1.807, 2.05) is 0 Å². The van der Waals surface area contributed by atoms with Gasteiger partial charge in [-0.15, -0.1) is 0 Å². The molecule has 0 unspecified atom stereocenters. The number of rotatable bonds is 2. The summed E-state index contributed by atoms with van der Waals surface area (Å²) in [5, 5.41) is 20.7. The molecular formula is C8H16N2O3. The first-order chi connectivity index (χ1) is 6.24. The Morgan fingerprint density at radius 2 is 2.38 bits per heavy atom. The third-order valence-corrected chi connectivity index (χ3v) is 2.23. The number of nitrogens with one attached hydrogen (secondary N) is 1. The second kappa shape index (κ2) is 5.04. The minimum absolute atomic E-state index is 0.101. The molecule has 1 heterocycles. The molecule has 1 aliphatic rings. The van der Waals surface area contributed by atoms with Crippen LogP contribution < -0.4 is 5.32 Å². The summed E-state index contributed by atoms with van der Waals surface area (Å²) in [6.07, 6.45) is 0.588. The molecule has 5 nitrogen and oxygen atoms in total. The van der Waals surface area contributed by atoms with E-state index in [1.165, 1.54) is 4.90 Å². The molecule has 0 bridgehead atoms. The highest BCUT2D eigenvalue weighted by molar-refractivity contribution is 5.65. The summed E-state index contributed by atoms with van der Waals surface area (Å²) in [6, 6.07) is 0.101. The summed E-state index contributed by atoms with van der Waals surface area (Å²) in [4.78, 5) is 12.1. The topological polar surface area (TPSA) is 72.8 Å². The summed E-state index contributed by atoms with van der Waals surface area (Å²) in [5.74, 6) is 0. The van der Waals surface area contributed by atoms with Crippen LogP contribution in [0.25, 0.3) is 0 Å². The molecular weight excluding hydrogens is 172 g/mol. The molecule has 1 rings (SSSR count). The maximum absolute atomic E-state index is 10.7. The summed E-state index contributed by atoms with van der Waals surface area (Å²) < 4.78 is 0. The standard InChI is InChI=1S/C8H16N2O3/c11-5-2-7-6-10(8(12)13)4-1-3-9-7/h7,9,11H,1-6H2,(H,12,13)/t7-/m1/s1. The zero-order chi connectivity index (χ0) is 9.68. The Morgan fingerprint density at radius 1 is 1.62 bits per heavy atom. The normalized spacial score (nSPS) is 24.1. The van der Waals surface area contributed by atoms with Gasteiger partial charge >= 0.3 is 6.09 Å². The van der Waals surface area contributed by atoms with E-state index in [2.05, 4.69) is 5.32 Å². The fraction of sp³-hybridized carbons (Fsp3) is 0.875. The number of hydrogen-bond donors (Lipinski definition) is 3. The highest BCUT2D eigenvalue weighted by atomic mass is 16.4. The molecule has 1 aliphatic heterocycles. The maximum Gasteiger partial charge on any atom is 0.407 e. The molecule has 13 heavy (non-hydrogen) atoms. The van der Waals surface area contributed by atoms with Gasteiger partial charge in [0.15, 0.2) is 0 Å². The molecule has 0 aliphatic carbocycles. The molecule has 1 atom stereocenters. The molecule has 1 saturated heterocycles. The predicted octanol–water partition coefficient (Wildman–Crippen LogP) is -0.289. The predicted molar refractivity (Wildman–Crippen MR) is 47.7 cm³/mol. The van der Waals surface area contributed by atoms with Gasteiger partial charge in [-0.2, -0.15) is 0 Å². The molecule has 0 spiro atoms. The monoisotopic (exact) mass is 188 g/mol. The van der Waals surface area contributed by atoms with Crippen molar-refractivity contribution < 1.29 is 15.0 Å². The van der Waals surface area contributed by atoms with Crippen molar-refractivity contribution in [2.75, 3.05) is 26.2 Å². The lowest BCUT2D eigenvalue weighted by molar-refractivity contribution is 0.141. The van der Waals surface area contributed by atoms with E-state index in [4.69, 9.17) is 10.2 Å². The van der Waals surface area contributed by atoms with Crippen LogP contribution in [0.3, 0.4) is 0 Å². The number of aliphatic hydroxyl groups excluding tert-OH is 1. The first-order valence-corrected chi connectivity index (χ1v) is 4.56. The van der Waals surface area contributed by atoms with Gasteiger partial charge < -0.3 is 20.4 Å². The van der Waals surface area contributed by atoms with E-state index in [0.29, 0.717) is 19.5 Å². The van der Waals surface area contributed by atoms with Crippen LogP contribution in [0.2, 0.25) is 0 Å². The molecule has 1 amide bonds. The zero-order valence-corrected chi connectivity index (χ0v) is 7.57. The van der Waals surface area contributed by atoms with E-state index in [9.17, 15) is 4.79 Å². The summed E-state index contributed by atoms with van der Waals surface area (Å²) >= 11 is 0. The molecule has 1 fully saturated rings. The van der Waals surface area contributed by atoms with Crippen LogP contribution in [-0.2, 0) is 0 Å². The van der Waals surface area contributed by atoms with Crippen molar-refractivity contribution in [1.29, 1.82) is 0 Å². The Hall–Kier alpha value is -0.810. The van der Waals surface area contributed by atoms with E-state index in [0.717, 1.165) is 13.0 Å². The van der Waals surface area contributed by atoms with Gasteiger partial charge in [-0.3, -0.25) is 0 Å². The third kappa shape index (κ3) is 3.20. The molecule has 0 saturated carbocycles. The number of hydrogen-bond acceptors (Lipinski definition) is 3. The van der Waals surface area contributed by atoms with Crippen molar-refractivity contribution in [2.45, 2.75) is 18.9 Å². The van der Waals surface area contributed by atoms with Gasteiger partial charge in [-0.1, -0.05) is 0 Å². The highest BCUT2D eigenvalue weighted by Crippen LogP contribution is 2.03. The molecule has 0 radical (unpaired) electrons. The van der Waals surface area contributed by atoms with Crippen LogP contribution in [-0.4, -0.2) is 53.5 Å². The van der Waals surface area contributed by atoms with Crippen LogP contribution in [0.1, 0.15) is 12.8 Å². The second-order valence-corrected chi connectivity index (χ2v) is 3.25. The first-order valence-electron chi connectivity index (χ1n) is 4.56. The lowest BCUT2D eigenvalue weighted by Crippen LogP contribution is -2.40. The van der Waals surface area contributed by atoms with E-state index >= 15 is 0 Å². The summed E-state index contributed by atoms with van der Waals surface area (Å²) in [7, 11) is 0. The van der Waals surface area contributed by atoms with Crippen LogP contribution in [0, 0.1) is 0 Å². The molecule has 3 N–H and O–H groups in total. The van der Waals surface area contributed by atoms with Crippen molar-refractivity contribution in [3.8, 4) is 0 Å². The minimum atomic E-state index is -0.869. The van der Waals surface area contributed by atoms with Gasteiger partial charge in [0.2, 0.25) is 0 Å². The van der Waals surface area contributed by atoms with E-state index in [1.54, 1.807) is 0 Å². The average Bonchev–Trinajstić information content (AvgIpc) is 2.30. The van der Waals surface area contributed by atoms with Gasteiger partial charge in [0.1, 0.15) is 0 Å². The zero-order valence-electron chi connectivity index (χ0n) is 7.57. The third-order valence-electron chi connectivity index (χ3n) is 2.23. The fourth-order valence-electron chi connectivity index (χ4n) is 1.52. The van der Waals surface area contributed by atoms with Crippen molar-refractivity contribution in [1.82, 2.24) is 10.2 Å². The Bertz CT molecular complexity index is 175. The lowest BCUT2D eigenvalue weighted by atomic mass is 10.2. The van der Waals surface area contributed by atoms with Crippen LogP contribution in [0.15, 0.2) is 0 Å². The number of carbonyl (C=O) groups is 1. The van der Waals surface area contributed by atoms with Crippen LogP contribution >= 0.6 is 0 Å². The minimum Gasteiger partial charge on any atom is -0.465 e. The molecule has 5 heteroatoms. The first kappa shape index (κ1) is 10.3. The van der Waals surface area contributed by atoms with Gasteiger partial charge in [0.25, 0.3) is 0 Å². The van der Waals surface area contributed by atoms with E-state index in [-0.39, 0.29) is 12.6 Å². The lowest BCUT2D eigenvalue weighted by Gasteiger charge is -2.21. The Kier molecular flexibility index (Phi) is 3.98. The molecule has 0 aromatic rings. The quantitative estimate of drug-likeness (QED) is 0.557. The van der Waals surface area contributed by atoms with Gasteiger partial charge in [-0.05, 0) is 19.4 Å². The second-order valence-electron chi connectivity index (χ2n) is 3.25. The van der Waals surface area contributed by atoms with Gasteiger partial charge in [0, 0.05) is 25.7 Å². The Balaban J connectivity index is 2.44. The maximum atomic E-state index is 10.7. The molecule has 76 valence electrons. The van der Waals surface area contributed by atoms with Gasteiger partial charge in [-0.25, -0.2) is 4.79 Å². The van der Waals surface area contributed by atoms with Gasteiger partial charge in [0.05, 0.1) is 0 Å². The molecule has 0 aromatic heterocycles. The molecule has 0 aromatic carbocycles. The largest absolute Gasteiger partial charge is 0.465 e. The fourth-order valence-corrected chi connectivity index (χ4v) is 1.52. The Labute approximate surface area is 77.3 Å². The van der Waals surface area contributed by atoms with E-state index < -0.39 is 6.09 Å². The smallest absolute Gasteiger partial charge is 0.407 e.